The van der Waals surface area contributed by atoms with Crippen LogP contribution in [0.3, 0.4) is 0 Å². The lowest BCUT2D eigenvalue weighted by Gasteiger charge is -2.13. The molecule has 9 heteroatoms. The first-order valence-electron chi connectivity index (χ1n) is 10.6. The molecule has 0 aliphatic carbocycles. The number of pyridine rings is 1. The van der Waals surface area contributed by atoms with Crippen molar-refractivity contribution in [2.45, 2.75) is 13.2 Å². The third kappa shape index (κ3) is 5.62. The third-order valence-corrected chi connectivity index (χ3v) is 5.56. The van der Waals surface area contributed by atoms with Crippen LogP contribution < -0.4 is 16.4 Å². The molecule has 0 saturated heterocycles. The Morgan fingerprint density at radius 1 is 1.00 bits per heavy atom. The van der Waals surface area contributed by atoms with Gasteiger partial charge in [-0.1, -0.05) is 23.7 Å². The van der Waals surface area contributed by atoms with Gasteiger partial charge in [0.15, 0.2) is 0 Å². The van der Waals surface area contributed by atoms with Crippen LogP contribution in [0.2, 0.25) is 5.02 Å². The second-order valence-corrected chi connectivity index (χ2v) is 8.21. The summed E-state index contributed by atoms with van der Waals surface area (Å²) in [6, 6.07) is 19.2. The Kier molecular flexibility index (Phi) is 7.03. The predicted molar refractivity (Wildman–Crippen MR) is 135 cm³/mol. The number of carbonyl (C=O) groups excluding carboxylic acids is 1. The van der Waals surface area contributed by atoms with Gasteiger partial charge in [0.2, 0.25) is 0 Å². The lowest BCUT2D eigenvalue weighted by Crippen LogP contribution is -2.24. The number of carbonyl (C=O) groups is 1. The van der Waals surface area contributed by atoms with Crippen molar-refractivity contribution in [3.05, 3.63) is 94.5 Å². The highest BCUT2D eigenvalue weighted by Crippen LogP contribution is 2.33. The highest BCUT2D eigenvalue weighted by molar-refractivity contribution is 6.30. The van der Waals surface area contributed by atoms with Crippen molar-refractivity contribution in [1.82, 2.24) is 10.3 Å². The van der Waals surface area contributed by atoms with Gasteiger partial charge in [-0.3, -0.25) is 4.79 Å². The maximum atomic E-state index is 13.4. The molecule has 1 aromatic heterocycles. The van der Waals surface area contributed by atoms with E-state index in [4.69, 9.17) is 17.3 Å². The lowest BCUT2D eigenvalue weighted by molar-refractivity contribution is 0.0951. The van der Waals surface area contributed by atoms with Crippen molar-refractivity contribution in [3.63, 3.8) is 0 Å². The smallest absolute Gasteiger partial charge is 0.255 e. The van der Waals surface area contributed by atoms with E-state index < -0.39 is 12.6 Å². The Balaban J connectivity index is 1.53. The first-order valence-corrected chi connectivity index (χ1v) is 11.0. The van der Waals surface area contributed by atoms with Crippen LogP contribution in [0, 0.1) is 0 Å². The Morgan fingerprint density at radius 3 is 2.49 bits per heavy atom. The number of hydrogen-bond acceptors (Lipinski definition) is 6. The number of nitrogens with one attached hydrogen (secondary N) is 2. The van der Waals surface area contributed by atoms with Crippen LogP contribution in [0.1, 0.15) is 21.5 Å². The summed E-state index contributed by atoms with van der Waals surface area (Å²) in [7, 11) is 0. The molecule has 6 N–H and O–H groups in total. The second kappa shape index (κ2) is 10.3. The fraction of sp³-hybridized carbons (Fsp3) is 0.0769. The van der Waals surface area contributed by atoms with Crippen molar-refractivity contribution in [2.75, 3.05) is 11.1 Å². The molecule has 0 radical (unpaired) electrons. The Labute approximate surface area is 206 Å². The molecule has 0 atom stereocenters. The van der Waals surface area contributed by atoms with Gasteiger partial charge in [-0.15, -0.1) is 0 Å². The summed E-state index contributed by atoms with van der Waals surface area (Å²) < 4.78 is 13.4. The molecule has 0 bridgehead atoms. The molecule has 0 saturated carbocycles. The zero-order chi connectivity index (χ0) is 24.9. The summed E-state index contributed by atoms with van der Waals surface area (Å²) in [5.41, 5.74) is 9.33. The van der Waals surface area contributed by atoms with E-state index in [0.717, 1.165) is 5.56 Å². The molecule has 4 aromatic rings. The quantitative estimate of drug-likeness (QED) is 0.216. The number of hydrogen-bond donors (Lipinski definition) is 5. The number of alkyl halides is 1. The van der Waals surface area contributed by atoms with E-state index in [9.17, 15) is 19.4 Å². The number of phenols is 2. The highest BCUT2D eigenvalue weighted by atomic mass is 35.5. The number of nitrogens with two attached hydrogens (primary N) is 1. The zero-order valence-electron chi connectivity index (χ0n) is 18.4. The van der Waals surface area contributed by atoms with Crippen LogP contribution in [-0.4, -0.2) is 21.1 Å². The van der Waals surface area contributed by atoms with Gasteiger partial charge in [0.05, 0.1) is 11.3 Å². The van der Waals surface area contributed by atoms with E-state index in [1.54, 1.807) is 48.5 Å². The summed E-state index contributed by atoms with van der Waals surface area (Å²) in [6.07, 6.45) is 0. The van der Waals surface area contributed by atoms with Gasteiger partial charge in [-0.25, -0.2) is 9.37 Å². The van der Waals surface area contributed by atoms with Crippen molar-refractivity contribution >= 4 is 34.7 Å². The minimum atomic E-state index is -0.692. The first-order chi connectivity index (χ1) is 16.8. The maximum absolute atomic E-state index is 13.4. The number of rotatable bonds is 7. The number of nitrogens with zero attached hydrogens (tertiary/aromatic N) is 1. The highest BCUT2D eigenvalue weighted by Gasteiger charge is 2.15. The number of benzene rings is 3. The van der Waals surface area contributed by atoms with Crippen LogP contribution in [0.4, 0.5) is 21.6 Å². The van der Waals surface area contributed by atoms with Gasteiger partial charge in [0.25, 0.3) is 5.91 Å². The van der Waals surface area contributed by atoms with Gasteiger partial charge < -0.3 is 26.6 Å². The molecule has 178 valence electrons. The summed E-state index contributed by atoms with van der Waals surface area (Å²) in [5, 5.41) is 26.1. The summed E-state index contributed by atoms with van der Waals surface area (Å²) >= 11 is 5.95. The largest absolute Gasteiger partial charge is 0.508 e. The number of anilines is 3. The van der Waals surface area contributed by atoms with Gasteiger partial charge in [-0.05, 0) is 66.2 Å². The number of nitrogen functional groups attached to an aromatic ring is 1. The summed E-state index contributed by atoms with van der Waals surface area (Å²) in [5.74, 6) is -0.298. The standard InChI is InChI=1S/C26H22ClFN4O3/c27-17-3-8-22(16(11-17)13-28)31-18-4-10-24(34)21(12-18)23-9-7-20(25(29)32-23)26(35)30-14-15-1-5-19(33)6-2-15/h1-12,31,33-34H,13-14H2,(H2,29,32)(H,30,35). The van der Waals surface area contributed by atoms with E-state index in [-0.39, 0.29) is 29.4 Å². The van der Waals surface area contributed by atoms with Crippen molar-refractivity contribution < 1.29 is 19.4 Å². The molecule has 1 heterocycles. The van der Waals surface area contributed by atoms with Crippen LogP contribution in [0.25, 0.3) is 11.3 Å². The molecule has 0 unspecified atom stereocenters. The Morgan fingerprint density at radius 2 is 1.77 bits per heavy atom. The monoisotopic (exact) mass is 492 g/mol. The average Bonchev–Trinajstić information content (AvgIpc) is 2.85. The van der Waals surface area contributed by atoms with Crippen LogP contribution in [0.15, 0.2) is 72.8 Å². The predicted octanol–water partition coefficient (Wildman–Crippen LogP) is 5.54. The molecule has 0 aliphatic heterocycles. The van der Waals surface area contributed by atoms with Gasteiger partial charge >= 0.3 is 0 Å². The SMILES string of the molecule is Nc1nc(-c2cc(Nc3ccc(Cl)cc3CF)ccc2O)ccc1C(=O)NCc1ccc(O)cc1. The maximum Gasteiger partial charge on any atom is 0.255 e. The molecule has 35 heavy (non-hydrogen) atoms. The van der Waals surface area contributed by atoms with Gasteiger partial charge in [-0.2, -0.15) is 0 Å². The van der Waals surface area contributed by atoms with Gasteiger partial charge in [0, 0.05) is 34.1 Å². The number of halogens is 2. The molecule has 3 aromatic carbocycles. The molecule has 1 amide bonds. The van der Waals surface area contributed by atoms with E-state index in [0.29, 0.717) is 33.2 Å². The normalized spacial score (nSPS) is 10.7. The molecule has 7 nitrogen and oxygen atoms in total. The van der Waals surface area contributed by atoms with E-state index in [1.807, 2.05) is 0 Å². The second-order valence-electron chi connectivity index (χ2n) is 7.77. The summed E-state index contributed by atoms with van der Waals surface area (Å²) in [4.78, 5) is 16.9. The zero-order valence-corrected chi connectivity index (χ0v) is 19.2. The lowest BCUT2D eigenvalue weighted by atomic mass is 10.1. The minimum absolute atomic E-state index is 0.000820. The fourth-order valence-electron chi connectivity index (χ4n) is 3.48. The van der Waals surface area contributed by atoms with Crippen LogP contribution in [-0.2, 0) is 13.2 Å². The number of aromatic hydroxyl groups is 2. The van der Waals surface area contributed by atoms with Crippen LogP contribution in [0.5, 0.6) is 11.5 Å². The molecule has 0 spiro atoms. The van der Waals surface area contributed by atoms with E-state index >= 15 is 0 Å². The molecule has 0 fully saturated rings. The minimum Gasteiger partial charge on any atom is -0.508 e. The number of aromatic nitrogens is 1. The first kappa shape index (κ1) is 23.8. The topological polar surface area (TPSA) is 121 Å². The molecular weight excluding hydrogens is 471 g/mol. The van der Waals surface area contributed by atoms with E-state index in [2.05, 4.69) is 15.6 Å². The third-order valence-electron chi connectivity index (χ3n) is 5.32. The average molecular weight is 493 g/mol. The van der Waals surface area contributed by atoms with Crippen molar-refractivity contribution in [1.29, 1.82) is 0 Å². The Hall–Kier alpha value is -4.30. The van der Waals surface area contributed by atoms with Gasteiger partial charge in [0.1, 0.15) is 24.0 Å². The summed E-state index contributed by atoms with van der Waals surface area (Å²) in [6.45, 7) is -0.442. The van der Waals surface area contributed by atoms with E-state index in [1.165, 1.54) is 24.3 Å². The van der Waals surface area contributed by atoms with Crippen LogP contribution >= 0.6 is 11.6 Å². The molecular formula is C26H22ClFN4O3. The number of phenolic OH excluding ortho intramolecular Hbond substituents is 2. The fourth-order valence-corrected chi connectivity index (χ4v) is 3.67. The molecule has 0 aliphatic rings. The number of amides is 1. The molecule has 4 rings (SSSR count). The Bertz CT molecular complexity index is 1380. The van der Waals surface area contributed by atoms with Crippen molar-refractivity contribution in [3.8, 4) is 22.8 Å². The van der Waals surface area contributed by atoms with Crippen molar-refractivity contribution in [2.24, 2.45) is 0 Å².